The second-order valence-electron chi connectivity index (χ2n) is 10.2. The van der Waals surface area contributed by atoms with Gasteiger partial charge in [-0.15, -0.1) is 11.3 Å². The van der Waals surface area contributed by atoms with Gasteiger partial charge >= 0.3 is 0 Å². The van der Waals surface area contributed by atoms with E-state index in [1.807, 2.05) is 31.7 Å². The largest absolute Gasteiger partial charge is 0.392 e. The van der Waals surface area contributed by atoms with Crippen LogP contribution in [-0.4, -0.2) is 40.1 Å². The summed E-state index contributed by atoms with van der Waals surface area (Å²) in [6.07, 6.45) is 2.21. The van der Waals surface area contributed by atoms with Crippen molar-refractivity contribution < 1.29 is 9.90 Å². The van der Waals surface area contributed by atoms with Crippen LogP contribution in [0.4, 0.5) is 10.8 Å². The van der Waals surface area contributed by atoms with E-state index in [0.717, 1.165) is 30.1 Å². The van der Waals surface area contributed by atoms with Gasteiger partial charge in [0, 0.05) is 29.8 Å². The molecule has 0 bridgehead atoms. The predicted octanol–water partition coefficient (Wildman–Crippen LogP) is 6.75. The van der Waals surface area contributed by atoms with Crippen molar-refractivity contribution in [1.29, 1.82) is 0 Å². The Morgan fingerprint density at radius 1 is 1.32 bits per heavy atom. The zero-order valence-corrected chi connectivity index (χ0v) is 22.9. The van der Waals surface area contributed by atoms with Gasteiger partial charge in [-0.1, -0.05) is 50.0 Å². The number of thiazole rings is 1. The number of benzene rings is 1. The molecule has 0 aliphatic heterocycles. The van der Waals surface area contributed by atoms with Gasteiger partial charge in [-0.05, 0) is 62.5 Å². The number of aliphatic hydroxyl groups excluding tert-OH is 1. The Labute approximate surface area is 216 Å². The standard InChI is InChI=1S/C26H35Cl2N3O2S/c1-6-31(7-2)24(33)14(3)16-11-12-26(5)13-19-21(15(4)20(26)23(16)32)29-25(34-19)30-22-17(27)9-8-10-18(22)28/h8-10,14-16,20,23,32H,6-7,11-13H2,1-5H3,(H,29,30)/t14-,15-,16-,20+,23-,26+/m0/s1. The number of amides is 1. The summed E-state index contributed by atoms with van der Waals surface area (Å²) in [4.78, 5) is 21.1. The number of hydrogen-bond donors (Lipinski definition) is 2. The number of hydrogen-bond acceptors (Lipinski definition) is 5. The van der Waals surface area contributed by atoms with E-state index in [-0.39, 0.29) is 35.0 Å². The van der Waals surface area contributed by atoms with Crippen LogP contribution in [0.2, 0.25) is 10.0 Å². The van der Waals surface area contributed by atoms with Crippen molar-refractivity contribution in [1.82, 2.24) is 9.88 Å². The first-order valence-electron chi connectivity index (χ1n) is 12.3. The Bertz CT molecular complexity index is 1040. The van der Waals surface area contributed by atoms with Crippen LogP contribution >= 0.6 is 34.5 Å². The summed E-state index contributed by atoms with van der Waals surface area (Å²) in [6, 6.07) is 5.43. The molecule has 34 heavy (non-hydrogen) atoms. The molecule has 2 aliphatic carbocycles. The maximum absolute atomic E-state index is 13.1. The maximum atomic E-state index is 13.1. The molecular formula is C26H35Cl2N3O2S. The van der Waals surface area contributed by atoms with Crippen molar-refractivity contribution in [3.63, 3.8) is 0 Å². The minimum Gasteiger partial charge on any atom is -0.392 e. The molecule has 0 saturated heterocycles. The molecule has 6 atom stereocenters. The molecule has 1 aromatic carbocycles. The lowest BCUT2D eigenvalue weighted by atomic mass is 9.53. The Balaban J connectivity index is 1.60. The van der Waals surface area contributed by atoms with E-state index in [1.165, 1.54) is 4.88 Å². The first-order valence-corrected chi connectivity index (χ1v) is 13.9. The zero-order valence-electron chi connectivity index (χ0n) is 20.6. The van der Waals surface area contributed by atoms with Gasteiger partial charge in [-0.3, -0.25) is 4.79 Å². The zero-order chi connectivity index (χ0) is 24.8. The number of aromatic nitrogens is 1. The van der Waals surface area contributed by atoms with Crippen molar-refractivity contribution in [3.8, 4) is 0 Å². The molecular weight excluding hydrogens is 489 g/mol. The average Bonchev–Trinajstić information content (AvgIpc) is 3.19. The van der Waals surface area contributed by atoms with Crippen LogP contribution in [0.3, 0.4) is 0 Å². The second-order valence-corrected chi connectivity index (χ2v) is 12.1. The van der Waals surface area contributed by atoms with Crippen LogP contribution in [0.15, 0.2) is 18.2 Å². The van der Waals surface area contributed by atoms with Gasteiger partial charge in [0.05, 0.1) is 27.5 Å². The number of carbonyl (C=O) groups is 1. The second kappa shape index (κ2) is 9.96. The monoisotopic (exact) mass is 523 g/mol. The lowest BCUT2D eigenvalue weighted by molar-refractivity contribution is -0.144. The summed E-state index contributed by atoms with van der Waals surface area (Å²) in [5.74, 6) is 0.0790. The van der Waals surface area contributed by atoms with Crippen molar-refractivity contribution in [2.24, 2.45) is 23.2 Å². The van der Waals surface area contributed by atoms with Gasteiger partial charge in [0.25, 0.3) is 0 Å². The Hall–Kier alpha value is -1.34. The van der Waals surface area contributed by atoms with Crippen molar-refractivity contribution in [2.75, 3.05) is 18.4 Å². The number of aliphatic hydroxyl groups is 1. The van der Waals surface area contributed by atoms with Gasteiger partial charge in [-0.25, -0.2) is 4.98 Å². The Morgan fingerprint density at radius 2 is 1.97 bits per heavy atom. The van der Waals surface area contributed by atoms with Crippen molar-refractivity contribution in [3.05, 3.63) is 38.8 Å². The van der Waals surface area contributed by atoms with Gasteiger partial charge in [-0.2, -0.15) is 0 Å². The molecule has 1 fully saturated rings. The highest BCUT2D eigenvalue weighted by atomic mass is 35.5. The summed E-state index contributed by atoms with van der Waals surface area (Å²) < 4.78 is 0. The fourth-order valence-electron chi connectivity index (χ4n) is 6.33. The number of halogens is 2. The van der Waals surface area contributed by atoms with Crippen LogP contribution in [-0.2, 0) is 11.2 Å². The SMILES string of the molecule is CCN(CC)C(=O)[C@@H](C)[C@@H]1CC[C@]2(C)Cc3sc(Nc4c(Cl)cccc4Cl)nc3[C@@H](C)[C@@H]2[C@H]1O. The quantitative estimate of drug-likeness (QED) is 0.439. The molecule has 186 valence electrons. The minimum atomic E-state index is -0.535. The normalized spacial score (nSPS) is 29.2. The molecule has 1 aromatic heterocycles. The van der Waals surface area contributed by atoms with E-state index in [1.54, 1.807) is 23.5 Å². The molecule has 2 aromatic rings. The van der Waals surface area contributed by atoms with E-state index >= 15 is 0 Å². The van der Waals surface area contributed by atoms with Crippen LogP contribution in [0.5, 0.6) is 0 Å². The molecule has 5 nitrogen and oxygen atoms in total. The molecule has 1 amide bonds. The average molecular weight is 525 g/mol. The summed E-state index contributed by atoms with van der Waals surface area (Å²) in [6.45, 7) is 11.9. The Kier molecular flexibility index (Phi) is 7.54. The smallest absolute Gasteiger partial charge is 0.225 e. The van der Waals surface area contributed by atoms with Gasteiger partial charge < -0.3 is 15.3 Å². The molecule has 2 aliphatic rings. The van der Waals surface area contributed by atoms with E-state index < -0.39 is 6.10 Å². The fraction of sp³-hybridized carbons (Fsp3) is 0.615. The molecule has 0 radical (unpaired) electrons. The maximum Gasteiger partial charge on any atom is 0.225 e. The minimum absolute atomic E-state index is 0.0217. The summed E-state index contributed by atoms with van der Waals surface area (Å²) >= 11 is 14.4. The number of anilines is 2. The number of carbonyl (C=O) groups excluding carboxylic acids is 1. The van der Waals surface area contributed by atoms with Crippen LogP contribution < -0.4 is 5.32 Å². The van der Waals surface area contributed by atoms with Gasteiger partial charge in [0.1, 0.15) is 0 Å². The third-order valence-corrected chi connectivity index (χ3v) is 9.84. The number of fused-ring (bicyclic) bond motifs is 2. The highest BCUT2D eigenvalue weighted by Crippen LogP contribution is 2.57. The van der Waals surface area contributed by atoms with E-state index in [0.29, 0.717) is 28.8 Å². The number of rotatable bonds is 6. The topological polar surface area (TPSA) is 65.5 Å². The molecule has 1 heterocycles. The van der Waals surface area contributed by atoms with Crippen molar-refractivity contribution >= 4 is 51.3 Å². The molecule has 0 spiro atoms. The first-order chi connectivity index (χ1) is 16.1. The molecule has 0 unspecified atom stereocenters. The van der Waals surface area contributed by atoms with Gasteiger partial charge in [0.15, 0.2) is 5.13 Å². The lowest BCUT2D eigenvalue weighted by Gasteiger charge is -2.53. The van der Waals surface area contributed by atoms with Crippen LogP contribution in [0.1, 0.15) is 63.9 Å². The van der Waals surface area contributed by atoms with Crippen molar-refractivity contribution in [2.45, 2.75) is 65.9 Å². The molecule has 2 N–H and O–H groups in total. The highest BCUT2D eigenvalue weighted by molar-refractivity contribution is 7.15. The van der Waals surface area contributed by atoms with Gasteiger partial charge in [0.2, 0.25) is 5.91 Å². The first kappa shape index (κ1) is 25.7. The predicted molar refractivity (Wildman–Crippen MR) is 141 cm³/mol. The fourth-order valence-corrected chi connectivity index (χ4v) is 8.09. The molecule has 8 heteroatoms. The molecule has 1 saturated carbocycles. The van der Waals surface area contributed by atoms with Crippen LogP contribution in [0, 0.1) is 23.2 Å². The third kappa shape index (κ3) is 4.47. The number of para-hydroxylation sites is 1. The third-order valence-electron chi connectivity index (χ3n) is 8.22. The Morgan fingerprint density at radius 3 is 2.59 bits per heavy atom. The highest BCUT2D eigenvalue weighted by Gasteiger charge is 2.54. The summed E-state index contributed by atoms with van der Waals surface area (Å²) in [5.41, 5.74) is 1.68. The summed E-state index contributed by atoms with van der Waals surface area (Å²) in [5, 5.41) is 16.8. The lowest BCUT2D eigenvalue weighted by Crippen LogP contribution is -2.53. The van der Waals surface area contributed by atoms with Crippen LogP contribution in [0.25, 0.3) is 0 Å². The number of nitrogens with zero attached hydrogens (tertiary/aromatic N) is 2. The molecule has 4 rings (SSSR count). The van der Waals surface area contributed by atoms with E-state index in [2.05, 4.69) is 19.2 Å². The van der Waals surface area contributed by atoms with E-state index in [9.17, 15) is 9.90 Å². The van der Waals surface area contributed by atoms with E-state index in [4.69, 9.17) is 28.2 Å². The summed E-state index contributed by atoms with van der Waals surface area (Å²) in [7, 11) is 0. The number of nitrogens with one attached hydrogen (secondary N) is 1.